The Labute approximate surface area is 213 Å². The van der Waals surface area contributed by atoms with E-state index in [1.54, 1.807) is 0 Å². The zero-order chi connectivity index (χ0) is 26.0. The van der Waals surface area contributed by atoms with Crippen molar-refractivity contribution >= 4 is 17.8 Å². The molecule has 3 N–H and O–H groups in total. The predicted octanol–water partition coefficient (Wildman–Crippen LogP) is 3.90. The van der Waals surface area contributed by atoms with Crippen LogP contribution in [0.15, 0.2) is 0 Å². The minimum atomic E-state index is -1.84. The SMILES string of the molecule is C[C@H](CCC(=O)O[N+]1(O)C(=O)CCC1=O)[C@H]1CC[C@H]2[C@@H]3[C@H](O)CC4C[C@H](O)CC[C@]4(C)[C@H]3CC[C@]12C. The maximum absolute atomic E-state index is 12.4. The molecule has 5 rings (SSSR count). The molecule has 0 radical (unpaired) electrons. The van der Waals surface area contributed by atoms with Gasteiger partial charge in [0.05, 0.1) is 31.5 Å². The molecule has 0 aromatic heterocycles. The average molecular weight is 507 g/mol. The number of hydrogen-bond donors (Lipinski definition) is 3. The van der Waals surface area contributed by atoms with Gasteiger partial charge in [-0.25, -0.2) is 19.2 Å². The Hall–Kier alpha value is -1.35. The number of amides is 2. The number of rotatable bonds is 5. The number of fused-ring (bicyclic) bond motifs is 5. The fourth-order valence-corrected chi connectivity index (χ4v) is 9.67. The van der Waals surface area contributed by atoms with Crippen molar-refractivity contribution in [2.24, 2.45) is 46.3 Å². The molecular formula is C28H44NO7+. The first-order valence-electron chi connectivity index (χ1n) is 14.2. The number of carbonyl (C=O) groups is 3. The summed E-state index contributed by atoms with van der Waals surface area (Å²) in [6, 6.07) is 0. The fourth-order valence-electron chi connectivity index (χ4n) is 9.67. The summed E-state index contributed by atoms with van der Waals surface area (Å²) in [6.07, 6.45) is 7.78. The normalized spacial score (nSPS) is 46.6. The van der Waals surface area contributed by atoms with Gasteiger partial charge in [0.15, 0.2) is 0 Å². The first-order chi connectivity index (χ1) is 16.9. The van der Waals surface area contributed by atoms with E-state index >= 15 is 0 Å². The Balaban J connectivity index is 1.24. The van der Waals surface area contributed by atoms with E-state index in [1.165, 1.54) is 0 Å². The van der Waals surface area contributed by atoms with E-state index < -0.39 is 22.6 Å². The molecule has 1 saturated heterocycles. The molecule has 1 heterocycles. The predicted molar refractivity (Wildman–Crippen MR) is 128 cm³/mol. The molecule has 4 aliphatic carbocycles. The van der Waals surface area contributed by atoms with Crippen LogP contribution in [0.2, 0.25) is 0 Å². The second-order valence-electron chi connectivity index (χ2n) is 13.3. The van der Waals surface area contributed by atoms with E-state index in [4.69, 9.17) is 4.84 Å². The van der Waals surface area contributed by atoms with Crippen LogP contribution in [0.5, 0.6) is 0 Å². The third kappa shape index (κ3) is 3.98. The van der Waals surface area contributed by atoms with Gasteiger partial charge in [0.25, 0.3) is 0 Å². The minimum Gasteiger partial charge on any atom is -0.393 e. The van der Waals surface area contributed by atoms with Crippen molar-refractivity contribution in [1.29, 1.82) is 0 Å². The van der Waals surface area contributed by atoms with Gasteiger partial charge < -0.3 is 10.2 Å². The van der Waals surface area contributed by atoms with Crippen LogP contribution < -0.4 is 0 Å². The summed E-state index contributed by atoms with van der Waals surface area (Å²) in [6.45, 7) is 6.98. The van der Waals surface area contributed by atoms with Crippen molar-refractivity contribution in [3.05, 3.63) is 0 Å². The zero-order valence-electron chi connectivity index (χ0n) is 22.0. The molecule has 8 heteroatoms. The van der Waals surface area contributed by atoms with Gasteiger partial charge in [-0.2, -0.15) is 5.21 Å². The highest BCUT2D eigenvalue weighted by Gasteiger charge is 2.63. The van der Waals surface area contributed by atoms with Crippen molar-refractivity contribution in [1.82, 2.24) is 0 Å². The second-order valence-corrected chi connectivity index (χ2v) is 13.3. The van der Waals surface area contributed by atoms with Gasteiger partial charge in [-0.15, -0.1) is 0 Å². The summed E-state index contributed by atoms with van der Waals surface area (Å²) in [5.74, 6) is 0.0195. The monoisotopic (exact) mass is 506 g/mol. The van der Waals surface area contributed by atoms with Crippen LogP contribution in [-0.2, 0) is 19.2 Å². The molecule has 36 heavy (non-hydrogen) atoms. The highest BCUT2D eigenvalue weighted by molar-refractivity contribution is 5.91. The van der Waals surface area contributed by atoms with Crippen molar-refractivity contribution in [2.45, 2.75) is 110 Å². The molecular weight excluding hydrogens is 462 g/mol. The van der Waals surface area contributed by atoms with Crippen LogP contribution in [0.25, 0.3) is 0 Å². The molecule has 1 aliphatic heterocycles. The molecule has 202 valence electrons. The number of imide groups is 1. The lowest BCUT2D eigenvalue weighted by atomic mass is 9.43. The Kier molecular flexibility index (Phi) is 6.67. The highest BCUT2D eigenvalue weighted by Crippen LogP contribution is 2.68. The van der Waals surface area contributed by atoms with Crippen LogP contribution in [0.1, 0.15) is 97.8 Å². The lowest BCUT2D eigenvalue weighted by molar-refractivity contribution is -1.12. The zero-order valence-corrected chi connectivity index (χ0v) is 22.0. The van der Waals surface area contributed by atoms with Gasteiger partial charge in [-0.1, -0.05) is 20.8 Å². The average Bonchev–Trinajstić information content (AvgIpc) is 3.30. The molecule has 5 fully saturated rings. The van der Waals surface area contributed by atoms with Gasteiger partial charge in [-0.3, -0.25) is 0 Å². The summed E-state index contributed by atoms with van der Waals surface area (Å²) in [4.78, 5) is 39.2. The van der Waals surface area contributed by atoms with Gasteiger partial charge >= 0.3 is 17.8 Å². The summed E-state index contributed by atoms with van der Waals surface area (Å²) in [5.41, 5.74) is 0.306. The number of hydroxylamine groups is 4. The number of nitrogens with zero attached hydrogens (tertiary/aromatic N) is 1. The van der Waals surface area contributed by atoms with Crippen LogP contribution in [-0.4, -0.2) is 50.2 Å². The van der Waals surface area contributed by atoms with E-state index in [9.17, 15) is 29.8 Å². The van der Waals surface area contributed by atoms with Crippen molar-refractivity contribution in [3.8, 4) is 0 Å². The van der Waals surface area contributed by atoms with E-state index in [2.05, 4.69) is 20.8 Å². The van der Waals surface area contributed by atoms with Crippen molar-refractivity contribution in [2.75, 3.05) is 0 Å². The quantitative estimate of drug-likeness (QED) is 0.294. The van der Waals surface area contributed by atoms with Crippen LogP contribution >= 0.6 is 0 Å². The lowest BCUT2D eigenvalue weighted by Crippen LogP contribution is -2.58. The topological polar surface area (TPSA) is 121 Å². The summed E-state index contributed by atoms with van der Waals surface area (Å²) >= 11 is 0. The summed E-state index contributed by atoms with van der Waals surface area (Å²) in [5, 5.41) is 31.8. The number of aliphatic hydroxyl groups excluding tert-OH is 2. The first kappa shape index (κ1) is 26.3. The summed E-state index contributed by atoms with van der Waals surface area (Å²) < 4.78 is 0. The molecule has 1 unspecified atom stereocenters. The smallest absolute Gasteiger partial charge is 0.393 e. The molecule has 0 aromatic rings. The minimum absolute atomic E-state index is 0.0519. The van der Waals surface area contributed by atoms with Crippen LogP contribution in [0.4, 0.5) is 0 Å². The van der Waals surface area contributed by atoms with Gasteiger partial charge in [0, 0.05) is 0 Å². The van der Waals surface area contributed by atoms with Crippen molar-refractivity contribution < 1.29 is 39.5 Å². The summed E-state index contributed by atoms with van der Waals surface area (Å²) in [7, 11) is 0. The standard InChI is InChI=1S/C28H44NO7/c1-16(4-9-25(34)36-29(35)23(32)7-8-24(29)33)19-5-6-20-26-21(11-13-28(19,20)3)27(2)12-10-18(30)14-17(27)15-22(26)31/h16-22,26,30-31,35H,4-15H2,1-3H3/q+1/t16-,17?,18-,19-,20+,21+,22-,26+,27+,28-/m1/s1. The third-order valence-corrected chi connectivity index (χ3v) is 11.7. The molecule has 8 nitrogen and oxygen atoms in total. The van der Waals surface area contributed by atoms with E-state index in [-0.39, 0.29) is 48.2 Å². The molecule has 2 amide bonds. The molecule has 0 bridgehead atoms. The van der Waals surface area contributed by atoms with Crippen LogP contribution in [0.3, 0.4) is 0 Å². The van der Waals surface area contributed by atoms with Gasteiger partial charge in [0.1, 0.15) is 4.81 Å². The molecule has 0 spiro atoms. The van der Waals surface area contributed by atoms with E-state index in [1.807, 2.05) is 0 Å². The number of hydrogen-bond acceptors (Lipinski definition) is 7. The molecule has 10 atom stereocenters. The lowest BCUT2D eigenvalue weighted by Gasteiger charge is -2.62. The van der Waals surface area contributed by atoms with E-state index in [0.29, 0.717) is 36.0 Å². The largest absolute Gasteiger partial charge is 0.397 e. The van der Waals surface area contributed by atoms with Gasteiger partial charge in [0.2, 0.25) is 0 Å². The fraction of sp³-hybridized carbons (Fsp3) is 0.893. The van der Waals surface area contributed by atoms with Gasteiger partial charge in [-0.05, 0) is 104 Å². The number of quaternary nitrogens is 1. The van der Waals surface area contributed by atoms with Crippen molar-refractivity contribution in [3.63, 3.8) is 0 Å². The van der Waals surface area contributed by atoms with E-state index in [0.717, 1.165) is 51.4 Å². The number of carbonyl (C=O) groups excluding carboxylic acids is 3. The third-order valence-electron chi connectivity index (χ3n) is 11.7. The number of aliphatic hydroxyl groups is 2. The van der Waals surface area contributed by atoms with Crippen LogP contribution in [0, 0.1) is 46.3 Å². The maximum Gasteiger partial charge on any atom is 0.397 e. The first-order valence-corrected chi connectivity index (χ1v) is 14.2. The maximum atomic E-state index is 12.4. The Bertz CT molecular complexity index is 906. The molecule has 4 saturated carbocycles. The Morgan fingerprint density at radius 3 is 2.33 bits per heavy atom. The second kappa shape index (κ2) is 9.14. The highest BCUT2D eigenvalue weighted by atomic mass is 17.0. The molecule has 0 aromatic carbocycles. The Morgan fingerprint density at radius 2 is 1.64 bits per heavy atom. The Morgan fingerprint density at radius 1 is 1.00 bits per heavy atom. The molecule has 5 aliphatic rings.